The molecule has 7 aromatic rings. The molecule has 57 heavy (non-hydrogen) atoms. The third-order valence-electron chi connectivity index (χ3n) is 9.36. The first-order valence-electron chi connectivity index (χ1n) is 18.6. The van der Waals surface area contributed by atoms with E-state index in [9.17, 15) is 9.90 Å². The van der Waals surface area contributed by atoms with E-state index in [4.69, 9.17) is 15.9 Å². The van der Waals surface area contributed by atoms with Gasteiger partial charge in [0.2, 0.25) is 0 Å². The Bertz CT molecular complexity index is 2310. The molecule has 284 valence electrons. The van der Waals surface area contributed by atoms with Crippen molar-refractivity contribution in [3.8, 4) is 55.8 Å². The molecule has 0 fully saturated rings. The molecular formula is C50H51KN4O2. The average Bonchev–Trinajstić information content (AvgIpc) is 3.74. The predicted octanol–water partition coefficient (Wildman–Crippen LogP) is 9.73. The molecule has 0 saturated heterocycles. The topological polar surface area (TPSA) is 116 Å². The van der Waals surface area contributed by atoms with Crippen LogP contribution in [0.4, 0.5) is 0 Å². The van der Waals surface area contributed by atoms with Gasteiger partial charge in [-0.1, -0.05) is 199 Å². The molecule has 7 heteroatoms. The van der Waals surface area contributed by atoms with E-state index >= 15 is 0 Å². The van der Waals surface area contributed by atoms with Crippen molar-refractivity contribution < 1.29 is 64.1 Å². The van der Waals surface area contributed by atoms with E-state index in [1.54, 1.807) is 0 Å². The number of H-pyrrole nitrogens is 1. The van der Waals surface area contributed by atoms with Gasteiger partial charge in [0.1, 0.15) is 0 Å². The van der Waals surface area contributed by atoms with Gasteiger partial charge in [-0.3, -0.25) is 9.89 Å². The van der Waals surface area contributed by atoms with Crippen LogP contribution in [0.25, 0.3) is 55.8 Å². The van der Waals surface area contributed by atoms with Crippen LogP contribution in [0.2, 0.25) is 0 Å². The molecule has 0 unspecified atom stereocenters. The molecule has 0 aliphatic heterocycles. The first-order valence-corrected chi connectivity index (χ1v) is 18.6. The van der Waals surface area contributed by atoms with Crippen LogP contribution in [0.15, 0.2) is 176 Å². The number of carbonyl (C=O) groups excluding carboxylic acids is 1. The number of allylic oxidation sites excluding steroid dienone is 2. The summed E-state index contributed by atoms with van der Waals surface area (Å²) in [6.45, 7) is 12.1. The molecule has 6 aromatic carbocycles. The minimum Gasteiger partial charge on any atom is -0.875 e. The Kier molecular flexibility index (Phi) is 15.8. The zero-order valence-corrected chi connectivity index (χ0v) is 36.9. The maximum Gasteiger partial charge on any atom is 1.00 e. The molecule has 0 aliphatic rings. The quantitative estimate of drug-likeness (QED) is 0.0569. The van der Waals surface area contributed by atoms with E-state index in [-0.39, 0.29) is 71.2 Å². The molecule has 0 radical (unpaired) electrons. The van der Waals surface area contributed by atoms with Gasteiger partial charge in [0.25, 0.3) is 0 Å². The number of hydrogen-bond donors (Lipinski definition) is 1. The van der Waals surface area contributed by atoms with Crippen LogP contribution in [0.3, 0.4) is 0 Å². The summed E-state index contributed by atoms with van der Waals surface area (Å²) in [4.78, 5) is 13.2. The molecule has 0 amide bonds. The first-order chi connectivity index (χ1) is 26.9. The second kappa shape index (κ2) is 20.3. The second-order valence-corrected chi connectivity index (χ2v) is 15.5. The van der Waals surface area contributed by atoms with Gasteiger partial charge >= 0.3 is 51.4 Å². The van der Waals surface area contributed by atoms with Gasteiger partial charge in [0, 0.05) is 35.9 Å². The van der Waals surface area contributed by atoms with Crippen LogP contribution in [0.5, 0.6) is 0 Å². The monoisotopic (exact) mass is 778 g/mol. The Morgan fingerprint density at radius 1 is 0.579 bits per heavy atom. The zero-order chi connectivity index (χ0) is 40.3. The Balaban J connectivity index is 0.000000372. The summed E-state index contributed by atoms with van der Waals surface area (Å²) in [6, 6.07) is 55.2. The number of benzene rings is 6. The van der Waals surface area contributed by atoms with Crippen molar-refractivity contribution >= 4 is 5.78 Å². The minimum absolute atomic E-state index is 0. The van der Waals surface area contributed by atoms with Crippen LogP contribution in [0.1, 0.15) is 60.4 Å². The summed E-state index contributed by atoms with van der Waals surface area (Å²) in [5, 5.41) is 32.4. The summed E-state index contributed by atoms with van der Waals surface area (Å²) in [6.07, 6.45) is 1.24. The summed E-state index contributed by atoms with van der Waals surface area (Å²) >= 11 is 0. The number of ketones is 1. The standard InChI is InChI=1S/C25H24N2.C25H24O2.K.N2.2H2/c1-25(2,3)23-17-22(26-27-23)24-20(18-11-6-4-7-12-18)15-10-16-21(24)19-13-8-5-9-14-19;1-25(2,3)23(27)17-22(26)24-20(18-11-6-4-7-12-18)15-10-16-21(24)19-13-8-5-9-14-19;;1-2;;/h4-17H,1-3H3,(H,26,27);4-17,27H,1-3H3;;;2*1H/q;;+1;;;/p-1/b;23-17-;;;;. The summed E-state index contributed by atoms with van der Waals surface area (Å²) in [5.41, 5.74) is 11.7. The fourth-order valence-corrected chi connectivity index (χ4v) is 6.32. The van der Waals surface area contributed by atoms with Gasteiger partial charge in [-0.2, -0.15) is 5.10 Å². The molecule has 1 N–H and O–H groups in total. The first kappa shape index (κ1) is 44.5. The number of aromatic amines is 1. The van der Waals surface area contributed by atoms with Crippen molar-refractivity contribution in [2.24, 2.45) is 5.41 Å². The normalized spacial score (nSPS) is 11.2. The van der Waals surface area contributed by atoms with Gasteiger partial charge in [-0.05, 0) is 62.1 Å². The number of nitrogens with one attached hydrogen (secondary N) is 1. The summed E-state index contributed by atoms with van der Waals surface area (Å²) in [5.74, 6) is -0.428. The molecule has 1 heterocycles. The van der Waals surface area contributed by atoms with Gasteiger partial charge in [0.05, 0.1) is 5.69 Å². The van der Waals surface area contributed by atoms with Crippen molar-refractivity contribution in [2.75, 3.05) is 0 Å². The van der Waals surface area contributed by atoms with Gasteiger partial charge < -0.3 is 5.11 Å². The molecule has 0 bridgehead atoms. The van der Waals surface area contributed by atoms with Gasteiger partial charge in [0.15, 0.2) is 5.78 Å². The number of aromatic nitrogens is 2. The van der Waals surface area contributed by atoms with Crippen molar-refractivity contribution in [3.63, 3.8) is 0 Å². The van der Waals surface area contributed by atoms with Crippen LogP contribution in [-0.4, -0.2) is 16.0 Å². The van der Waals surface area contributed by atoms with E-state index in [1.807, 2.05) is 99.6 Å². The summed E-state index contributed by atoms with van der Waals surface area (Å²) < 4.78 is 0. The molecule has 6 nitrogen and oxygen atoms in total. The maximum absolute atomic E-state index is 13.2. The Morgan fingerprint density at radius 2 is 0.930 bits per heavy atom. The summed E-state index contributed by atoms with van der Waals surface area (Å²) in [7, 11) is 0. The Labute approximate surface area is 382 Å². The third-order valence-corrected chi connectivity index (χ3v) is 9.36. The molecule has 0 spiro atoms. The van der Waals surface area contributed by atoms with E-state index in [0.717, 1.165) is 33.6 Å². The SMILES string of the molecule is CC(C)(C)/C([O-])=C/C(=O)c1c(-c2ccccc2)cccc1-c1ccccc1.CC(C)(C)c1cc(-c2c(-c3ccccc3)cccc2-c2ccccc2)n[nH]1.N#N.[HH].[HH].[K+]. The molecule has 0 aliphatic carbocycles. The van der Waals surface area contributed by atoms with Crippen molar-refractivity contribution in [1.82, 2.24) is 10.2 Å². The Morgan fingerprint density at radius 3 is 1.26 bits per heavy atom. The van der Waals surface area contributed by atoms with E-state index in [2.05, 4.69) is 111 Å². The number of rotatable bonds is 7. The number of nitrogens with zero attached hydrogens (tertiary/aromatic N) is 3. The minimum atomic E-state index is -0.593. The number of hydrogen-bond acceptors (Lipinski definition) is 5. The third kappa shape index (κ3) is 11.2. The predicted molar refractivity (Wildman–Crippen MR) is 230 cm³/mol. The molecule has 1 aromatic heterocycles. The average molecular weight is 779 g/mol. The van der Waals surface area contributed by atoms with Crippen LogP contribution >= 0.6 is 0 Å². The number of carbonyl (C=O) groups is 1. The zero-order valence-electron chi connectivity index (χ0n) is 33.8. The molecule has 0 saturated carbocycles. The van der Waals surface area contributed by atoms with E-state index in [1.165, 1.54) is 33.9 Å². The van der Waals surface area contributed by atoms with Crippen molar-refractivity contribution in [3.05, 3.63) is 187 Å². The fraction of sp³-hybridized carbons (Fsp3) is 0.160. The van der Waals surface area contributed by atoms with Crippen LogP contribution in [-0.2, 0) is 5.41 Å². The van der Waals surface area contributed by atoms with E-state index in [0.29, 0.717) is 5.56 Å². The Hall–Kier alpha value is -5.20. The fourth-order valence-electron chi connectivity index (χ4n) is 6.32. The van der Waals surface area contributed by atoms with Crippen LogP contribution in [0, 0.1) is 16.2 Å². The molecule has 7 rings (SSSR count). The van der Waals surface area contributed by atoms with Gasteiger partial charge in [-0.25, -0.2) is 0 Å². The molecule has 0 atom stereocenters. The van der Waals surface area contributed by atoms with E-state index < -0.39 is 5.41 Å². The van der Waals surface area contributed by atoms with Crippen molar-refractivity contribution in [1.29, 1.82) is 10.8 Å². The van der Waals surface area contributed by atoms with Crippen LogP contribution < -0.4 is 56.5 Å². The van der Waals surface area contributed by atoms with Gasteiger partial charge in [-0.15, -0.1) is 5.76 Å². The van der Waals surface area contributed by atoms with Crippen molar-refractivity contribution in [2.45, 2.75) is 47.0 Å². The second-order valence-electron chi connectivity index (χ2n) is 15.5. The molecular weight excluding hydrogens is 728 g/mol. The maximum atomic E-state index is 13.2. The largest absolute Gasteiger partial charge is 1.00 e. The smallest absolute Gasteiger partial charge is 0.875 e.